The summed E-state index contributed by atoms with van der Waals surface area (Å²) in [6, 6.07) is 0. The molecule has 2 atom stereocenters. The summed E-state index contributed by atoms with van der Waals surface area (Å²) in [4.78, 5) is 25.0. The van der Waals surface area contributed by atoms with E-state index in [9.17, 15) is 62.3 Å². The minimum atomic E-state index is -8.54. The van der Waals surface area contributed by atoms with E-state index in [1.165, 1.54) is 0 Å². The van der Waals surface area contributed by atoms with Crippen LogP contribution in [0, 0.1) is 0 Å². The normalized spacial score (nSPS) is 44.6. The molecule has 0 aromatic carbocycles. The molecular formula is C32H16F30O6. The lowest BCUT2D eigenvalue weighted by atomic mass is 9.40. The van der Waals surface area contributed by atoms with Gasteiger partial charge in [0.05, 0.1) is 13.2 Å². The van der Waals surface area contributed by atoms with Crippen LogP contribution in [-0.4, -0.2) is 154 Å². The Balaban J connectivity index is 1.61. The van der Waals surface area contributed by atoms with Gasteiger partial charge in [-0.3, -0.25) is 0 Å². The number of rotatable bonds is 11. The van der Waals surface area contributed by atoms with Crippen LogP contribution in [0.15, 0.2) is 24.3 Å². The van der Waals surface area contributed by atoms with Crippen LogP contribution in [0.1, 0.15) is 13.8 Å². The molecule has 0 amide bonds. The topological polar surface area (TPSA) is 71.1 Å². The zero-order valence-electron chi connectivity index (χ0n) is 31.8. The molecule has 68 heavy (non-hydrogen) atoms. The maximum atomic E-state index is 15.8. The van der Waals surface area contributed by atoms with E-state index in [2.05, 4.69) is 32.1 Å². The van der Waals surface area contributed by atoms with Gasteiger partial charge in [-0.1, -0.05) is 13.2 Å². The van der Waals surface area contributed by atoms with E-state index in [1.54, 1.807) is 0 Å². The molecular weight excluding hydrogens is 1050 g/mol. The minimum absolute atomic E-state index is 0.277. The summed E-state index contributed by atoms with van der Waals surface area (Å²) in [5.41, 5.74) is -69.9. The average molecular weight is 1070 g/mol. The molecule has 0 N–H and O–H groups in total. The van der Waals surface area contributed by atoms with Gasteiger partial charge < -0.3 is 18.9 Å². The molecule has 2 unspecified atom stereocenters. The smallest absolute Gasteiger partial charge is 0.339 e. The Morgan fingerprint density at radius 2 is 0.471 bits per heavy atom. The minimum Gasteiger partial charge on any atom is -0.452 e. The van der Waals surface area contributed by atoms with Crippen molar-refractivity contribution in [2.75, 3.05) is 13.2 Å². The van der Waals surface area contributed by atoms with Crippen LogP contribution in [0.2, 0.25) is 0 Å². The van der Waals surface area contributed by atoms with E-state index in [0.29, 0.717) is 0 Å². The van der Waals surface area contributed by atoms with Gasteiger partial charge in [0.1, 0.15) is 0 Å². The molecule has 8 saturated carbocycles. The second-order valence-corrected chi connectivity index (χ2v) is 16.3. The number of carbonyl (C=O) groups is 2. The maximum absolute atomic E-state index is 15.8. The molecule has 0 saturated heterocycles. The van der Waals surface area contributed by atoms with Gasteiger partial charge in [0, 0.05) is 11.1 Å². The Hall–Kier alpha value is -3.76. The van der Waals surface area contributed by atoms with Crippen LogP contribution in [0.25, 0.3) is 0 Å². The van der Waals surface area contributed by atoms with E-state index >= 15 is 79.0 Å². The predicted octanol–water partition coefficient (Wildman–Crippen LogP) is 9.43. The first-order chi connectivity index (χ1) is 29.6. The summed E-state index contributed by atoms with van der Waals surface area (Å²) in [6.07, 6.45) is -8.87. The van der Waals surface area contributed by atoms with Crippen molar-refractivity contribution in [3.8, 4) is 0 Å². The van der Waals surface area contributed by atoms with Gasteiger partial charge in [-0.25, -0.2) is 35.9 Å². The van der Waals surface area contributed by atoms with Crippen molar-refractivity contribution in [1.29, 1.82) is 0 Å². The van der Waals surface area contributed by atoms with Crippen molar-refractivity contribution in [3.63, 3.8) is 0 Å². The average Bonchev–Trinajstić information content (AvgIpc) is 3.16. The fourth-order valence-electron chi connectivity index (χ4n) is 9.48. The summed E-state index contributed by atoms with van der Waals surface area (Å²) >= 11 is 0. The Labute approximate surface area is 352 Å². The highest BCUT2D eigenvalue weighted by Gasteiger charge is 3.25. The zero-order valence-corrected chi connectivity index (χ0v) is 31.8. The molecule has 0 radical (unpaired) electrons. The lowest BCUT2D eigenvalue weighted by Gasteiger charge is -2.74. The fourth-order valence-corrected chi connectivity index (χ4v) is 9.48. The number of ether oxygens (including phenoxy) is 4. The molecule has 0 aromatic heterocycles. The predicted molar refractivity (Wildman–Crippen MR) is 149 cm³/mol. The van der Waals surface area contributed by atoms with Gasteiger partial charge in [-0.15, -0.1) is 0 Å². The Morgan fingerprint density at radius 3 is 0.603 bits per heavy atom. The van der Waals surface area contributed by atoms with Gasteiger partial charge >= 0.3 is 117 Å². The van der Waals surface area contributed by atoms with Gasteiger partial charge in [0.25, 0.3) is 11.2 Å². The first-order valence-electron chi connectivity index (χ1n) is 17.3. The molecule has 0 spiro atoms. The summed E-state index contributed by atoms with van der Waals surface area (Å²) < 4.78 is 478. The Kier molecular flexibility index (Phi) is 9.82. The van der Waals surface area contributed by atoms with Gasteiger partial charge in [0.15, 0.2) is 12.2 Å². The quantitative estimate of drug-likeness (QED) is 0.117. The zero-order chi connectivity index (χ0) is 53.7. The first kappa shape index (κ1) is 53.6. The molecule has 0 aliphatic heterocycles. The van der Waals surface area contributed by atoms with Crippen LogP contribution >= 0.6 is 0 Å². The number of hydrogen-bond acceptors (Lipinski definition) is 6. The van der Waals surface area contributed by atoms with Gasteiger partial charge in [-0.2, -0.15) is 105 Å². The largest absolute Gasteiger partial charge is 0.452 e. The molecule has 8 bridgehead atoms. The first-order valence-corrected chi connectivity index (χ1v) is 17.3. The lowest BCUT2D eigenvalue weighted by Crippen LogP contribution is -3.10. The molecule has 390 valence electrons. The molecule has 8 rings (SSSR count). The summed E-state index contributed by atoms with van der Waals surface area (Å²) in [6.45, 7) is -1.82. The molecule has 36 heteroatoms. The number of hydrogen-bond donors (Lipinski definition) is 0. The van der Waals surface area contributed by atoms with E-state index in [1.807, 2.05) is 0 Å². The third-order valence-electron chi connectivity index (χ3n) is 13.0. The number of alkyl halides is 30. The summed E-state index contributed by atoms with van der Waals surface area (Å²) in [7, 11) is 0. The highest BCUT2D eigenvalue weighted by Crippen LogP contribution is 2.91. The second kappa shape index (κ2) is 12.5. The van der Waals surface area contributed by atoms with Crippen molar-refractivity contribution in [3.05, 3.63) is 24.3 Å². The third kappa shape index (κ3) is 3.91. The summed E-state index contributed by atoms with van der Waals surface area (Å²) in [5.74, 6) is -108. The van der Waals surface area contributed by atoms with Crippen LogP contribution in [0.4, 0.5) is 132 Å². The lowest BCUT2D eigenvalue weighted by molar-refractivity contribution is -0.620. The molecule has 0 aromatic rings. The number of esters is 2. The molecule has 0 heterocycles. The molecule has 6 nitrogen and oxygen atoms in total. The maximum Gasteiger partial charge on any atom is 0.339 e. The Bertz CT molecular complexity index is 1910. The van der Waals surface area contributed by atoms with Crippen molar-refractivity contribution in [2.24, 2.45) is 0 Å². The van der Waals surface area contributed by atoms with Crippen LogP contribution in [0.3, 0.4) is 0 Å². The number of halogens is 30. The fraction of sp³-hybridized carbons (Fsp3) is 0.812. The molecule has 8 aliphatic rings. The molecule has 8 fully saturated rings. The van der Waals surface area contributed by atoms with Gasteiger partial charge in [0.2, 0.25) is 0 Å². The van der Waals surface area contributed by atoms with E-state index in [0.717, 1.165) is 0 Å². The third-order valence-corrected chi connectivity index (χ3v) is 13.0. The van der Waals surface area contributed by atoms with Crippen molar-refractivity contribution < 1.29 is 160 Å². The highest BCUT2D eigenvalue weighted by molar-refractivity contribution is 5.88. The van der Waals surface area contributed by atoms with E-state index < -0.39 is 165 Å². The molecule has 8 aliphatic carbocycles. The number of carbonyl (C=O) groups excluding carboxylic acids is 2. The van der Waals surface area contributed by atoms with Crippen LogP contribution in [-0.2, 0) is 28.5 Å². The SMILES string of the molecule is C=C(C)C(=O)OC(COC12C(F)(F)C3(F)C(F)(F)C(F)(C(F)(F)C(F)(C3(F)F)C1(F)F)C2(F)F)C(COC12C(F)(F)C3(F)C(F)(F)C(F)(C(F)(F)C(F)(C3(F)F)C1(F)F)C2(F)F)OC(=O)C(=C)C. The van der Waals surface area contributed by atoms with Crippen molar-refractivity contribution in [1.82, 2.24) is 0 Å². The van der Waals surface area contributed by atoms with Crippen LogP contribution < -0.4 is 0 Å². The standard InChI is InChI=1S/C32H16F30O6/c1-7(2)11(63)67-9(5-65-19-27(51,52)13(33)21(39,40)14(34,28(19,53)54)23(43,44)15(35,22(13,41)42)29(19,55)56)10(68-12(64)8(3)4)6-66-20-30(57,58)16(36)24(45,46)17(37,31(20,59)60)26(49,50)18(38,25(16,47)48)32(20,61)62/h9-10H,1,3,5-6H2,2,4H3. The van der Waals surface area contributed by atoms with Crippen LogP contribution in [0.5, 0.6) is 0 Å². The van der Waals surface area contributed by atoms with Gasteiger partial charge in [-0.05, 0) is 13.8 Å². The second-order valence-electron chi connectivity index (χ2n) is 16.3. The van der Waals surface area contributed by atoms with Crippen molar-refractivity contribution >= 4 is 11.9 Å². The van der Waals surface area contributed by atoms with E-state index in [4.69, 9.17) is 0 Å². The van der Waals surface area contributed by atoms with Crippen molar-refractivity contribution in [2.45, 2.75) is 142 Å². The monoisotopic (exact) mass is 1070 g/mol. The summed E-state index contributed by atoms with van der Waals surface area (Å²) in [5, 5.41) is 0. The Morgan fingerprint density at radius 1 is 0.324 bits per heavy atom. The highest BCUT2D eigenvalue weighted by atomic mass is 19.4. The van der Waals surface area contributed by atoms with E-state index in [-0.39, 0.29) is 13.8 Å².